The maximum absolute atomic E-state index is 11.6. The van der Waals surface area contributed by atoms with Crippen LogP contribution in [0.2, 0.25) is 10.0 Å². The van der Waals surface area contributed by atoms with Crippen LogP contribution in [-0.2, 0) is 9.63 Å². The Bertz CT molecular complexity index is 782. The Morgan fingerprint density at radius 2 is 1.81 bits per heavy atom. The van der Waals surface area contributed by atoms with Gasteiger partial charge in [-0.15, -0.1) is 12.4 Å². The molecule has 2 aromatic rings. The summed E-state index contributed by atoms with van der Waals surface area (Å²) < 4.78 is 0. The van der Waals surface area contributed by atoms with Crippen molar-refractivity contribution < 1.29 is 14.7 Å². The number of nitrogens with one attached hydrogen (secondary N) is 1. The van der Waals surface area contributed by atoms with E-state index in [0.29, 0.717) is 40.3 Å². The van der Waals surface area contributed by atoms with Crippen molar-refractivity contribution in [3.63, 3.8) is 0 Å². The molecule has 0 fully saturated rings. The van der Waals surface area contributed by atoms with Crippen molar-refractivity contribution in [3.8, 4) is 0 Å². The molecule has 1 heterocycles. The van der Waals surface area contributed by atoms with E-state index in [1.54, 1.807) is 42.5 Å². The van der Waals surface area contributed by atoms with Crippen LogP contribution < -0.4 is 5.32 Å². The number of hydrogen-bond donors (Lipinski definition) is 2. The van der Waals surface area contributed by atoms with Crippen molar-refractivity contribution in [1.29, 1.82) is 0 Å². The number of halogens is 3. The first-order chi connectivity index (χ1) is 12.1. The molecule has 0 radical (unpaired) electrons. The molecule has 0 spiro atoms. The highest BCUT2D eigenvalue weighted by molar-refractivity contribution is 6.39. The maximum Gasteiger partial charge on any atom is 0.340 e. The summed E-state index contributed by atoms with van der Waals surface area (Å²) in [7, 11) is 0. The highest BCUT2D eigenvalue weighted by Gasteiger charge is 2.28. The van der Waals surface area contributed by atoms with Crippen molar-refractivity contribution in [2.45, 2.75) is 6.10 Å². The number of hydroxylamine groups is 2. The number of hydrogen-bond acceptors (Lipinski definition) is 5. The zero-order valence-corrected chi connectivity index (χ0v) is 15.8. The fourth-order valence-electron chi connectivity index (χ4n) is 2.37. The molecular weight excluding hydrogens is 401 g/mol. The summed E-state index contributed by atoms with van der Waals surface area (Å²) in [5.41, 5.74) is 1.03. The molecule has 3 rings (SSSR count). The first kappa shape index (κ1) is 20.3. The number of anilines is 1. The second kappa shape index (κ2) is 9.09. The molecule has 1 atom stereocenters. The van der Waals surface area contributed by atoms with Crippen molar-refractivity contribution in [3.05, 3.63) is 64.1 Å². The van der Waals surface area contributed by atoms with Gasteiger partial charge in [-0.2, -0.15) is 0 Å². The Hall–Kier alpha value is -1.99. The van der Waals surface area contributed by atoms with E-state index in [1.807, 2.05) is 6.07 Å². The Labute approximate surface area is 166 Å². The van der Waals surface area contributed by atoms with Crippen LogP contribution in [0.5, 0.6) is 0 Å². The molecule has 0 aliphatic carbocycles. The zero-order valence-electron chi connectivity index (χ0n) is 13.4. The van der Waals surface area contributed by atoms with E-state index < -0.39 is 12.1 Å². The molecule has 1 aliphatic heterocycles. The first-order valence-corrected chi connectivity index (χ1v) is 8.29. The molecule has 9 heteroatoms. The van der Waals surface area contributed by atoms with Gasteiger partial charge in [-0.05, 0) is 17.7 Å². The summed E-state index contributed by atoms with van der Waals surface area (Å²) in [4.78, 5) is 21.6. The highest BCUT2D eigenvalue weighted by atomic mass is 35.5. The summed E-state index contributed by atoms with van der Waals surface area (Å²) >= 11 is 12.3. The summed E-state index contributed by atoms with van der Waals surface area (Å²) in [6, 6.07) is 13.8. The van der Waals surface area contributed by atoms with Crippen molar-refractivity contribution in [1.82, 2.24) is 5.06 Å². The second-order valence-corrected chi connectivity index (χ2v) is 6.08. The van der Waals surface area contributed by atoms with E-state index in [0.717, 1.165) is 0 Å². The third-order valence-corrected chi connectivity index (χ3v) is 4.19. The van der Waals surface area contributed by atoms with Gasteiger partial charge in [0.25, 0.3) is 0 Å². The second-order valence-electron chi connectivity index (χ2n) is 5.26. The van der Waals surface area contributed by atoms with Crippen LogP contribution in [0.4, 0.5) is 5.69 Å². The fraction of sp³-hybridized carbons (Fsp3) is 0.176. The average molecular weight is 417 g/mol. The van der Waals surface area contributed by atoms with E-state index in [4.69, 9.17) is 28.0 Å². The van der Waals surface area contributed by atoms with Crippen LogP contribution >= 0.6 is 35.6 Å². The zero-order chi connectivity index (χ0) is 17.8. The van der Waals surface area contributed by atoms with Gasteiger partial charge in [-0.1, -0.05) is 59.6 Å². The predicted octanol–water partition coefficient (Wildman–Crippen LogP) is 4.26. The van der Waals surface area contributed by atoms with Gasteiger partial charge in [-0.25, -0.2) is 14.9 Å². The van der Waals surface area contributed by atoms with Crippen molar-refractivity contribution in [2.24, 2.45) is 4.99 Å². The number of benzene rings is 2. The summed E-state index contributed by atoms with van der Waals surface area (Å²) in [6.07, 6.45) is -1.15. The molecule has 0 saturated heterocycles. The van der Waals surface area contributed by atoms with Gasteiger partial charge in [0.1, 0.15) is 0 Å². The number of aliphatic imine (C=N–C) groups is 1. The van der Waals surface area contributed by atoms with Gasteiger partial charge in [0, 0.05) is 0 Å². The summed E-state index contributed by atoms with van der Waals surface area (Å²) in [5.74, 6) is -0.731. The predicted molar refractivity (Wildman–Crippen MR) is 104 cm³/mol. The van der Waals surface area contributed by atoms with E-state index >= 15 is 0 Å². The molecule has 1 unspecified atom stereocenters. The molecule has 138 valence electrons. The average Bonchev–Trinajstić information content (AvgIpc) is 3.03. The number of guanidine groups is 1. The number of carboxylic acid groups (broad SMARTS) is 1. The van der Waals surface area contributed by atoms with Crippen molar-refractivity contribution >= 4 is 53.2 Å². The molecule has 2 aromatic carbocycles. The van der Waals surface area contributed by atoms with E-state index in [2.05, 4.69) is 10.3 Å². The number of aliphatic carboxylic acids is 1. The van der Waals surface area contributed by atoms with Gasteiger partial charge in [-0.3, -0.25) is 4.84 Å². The Balaban J connectivity index is 0.00000243. The molecule has 0 amide bonds. The maximum atomic E-state index is 11.6. The number of nitrogens with zero attached hydrogens (tertiary/aromatic N) is 2. The number of para-hydroxylation sites is 1. The molecule has 26 heavy (non-hydrogen) atoms. The lowest BCUT2D eigenvalue weighted by atomic mass is 10.1. The van der Waals surface area contributed by atoms with Crippen LogP contribution in [0, 0.1) is 0 Å². The van der Waals surface area contributed by atoms with Gasteiger partial charge >= 0.3 is 5.97 Å². The van der Waals surface area contributed by atoms with Crippen molar-refractivity contribution in [2.75, 3.05) is 18.4 Å². The third kappa shape index (κ3) is 4.59. The van der Waals surface area contributed by atoms with Crippen LogP contribution in [0.25, 0.3) is 0 Å². The molecular formula is C17H16Cl3N3O3. The smallest absolute Gasteiger partial charge is 0.340 e. The summed E-state index contributed by atoms with van der Waals surface area (Å²) in [6.45, 7) is 0.882. The largest absolute Gasteiger partial charge is 0.479 e. The van der Waals surface area contributed by atoms with Crippen LogP contribution in [-0.4, -0.2) is 35.2 Å². The molecule has 0 aromatic heterocycles. The monoisotopic (exact) mass is 415 g/mol. The lowest BCUT2D eigenvalue weighted by molar-refractivity contribution is -0.181. The Morgan fingerprint density at radius 1 is 1.15 bits per heavy atom. The number of carbonyl (C=O) groups is 1. The first-order valence-electron chi connectivity index (χ1n) is 7.54. The minimum absolute atomic E-state index is 0. The number of carboxylic acids is 1. The minimum Gasteiger partial charge on any atom is -0.479 e. The van der Waals surface area contributed by atoms with Gasteiger partial charge in [0.2, 0.25) is 12.1 Å². The molecule has 6 nitrogen and oxygen atoms in total. The van der Waals surface area contributed by atoms with Gasteiger partial charge < -0.3 is 10.4 Å². The topological polar surface area (TPSA) is 74.2 Å². The fourth-order valence-corrected chi connectivity index (χ4v) is 2.86. The lowest BCUT2D eigenvalue weighted by Gasteiger charge is -2.25. The Morgan fingerprint density at radius 3 is 2.42 bits per heavy atom. The van der Waals surface area contributed by atoms with Crippen LogP contribution in [0.1, 0.15) is 11.7 Å². The molecule has 0 saturated carbocycles. The van der Waals surface area contributed by atoms with E-state index in [-0.39, 0.29) is 12.4 Å². The number of rotatable bonds is 5. The minimum atomic E-state index is -1.15. The molecule has 2 N–H and O–H groups in total. The molecule has 0 bridgehead atoms. The third-order valence-electron chi connectivity index (χ3n) is 3.56. The van der Waals surface area contributed by atoms with E-state index in [9.17, 15) is 9.90 Å². The highest BCUT2D eigenvalue weighted by Crippen LogP contribution is 2.31. The standard InChI is InChI=1S/C17H15Cl2N3O3.ClH/c18-12-7-4-8-13(19)14(12)21-17-20-9-10-22(17)25-15(16(23)24)11-5-2-1-3-6-11;/h1-8,15H,9-10H2,(H,20,21)(H,23,24);1H. The van der Waals surface area contributed by atoms with Crippen LogP contribution in [0.15, 0.2) is 53.5 Å². The SMILES string of the molecule is Cl.O=C(O)C(ON1CCN=C1Nc1c(Cl)cccc1Cl)c1ccccc1. The van der Waals surface area contributed by atoms with Gasteiger partial charge in [0.15, 0.2) is 0 Å². The lowest BCUT2D eigenvalue weighted by Crippen LogP contribution is -2.36. The normalized spacial score (nSPS) is 14.4. The molecule has 1 aliphatic rings. The van der Waals surface area contributed by atoms with Crippen LogP contribution in [0.3, 0.4) is 0 Å². The Kier molecular flexibility index (Phi) is 7.11. The summed E-state index contributed by atoms with van der Waals surface area (Å²) in [5, 5.41) is 14.8. The van der Waals surface area contributed by atoms with Gasteiger partial charge in [0.05, 0.1) is 28.8 Å². The van der Waals surface area contributed by atoms with E-state index in [1.165, 1.54) is 5.06 Å². The quantitative estimate of drug-likeness (QED) is 0.762.